The molecule has 0 unspecified atom stereocenters. The molecule has 0 saturated carbocycles. The SMILES string of the molecule is NCCc1cc(F)cc(Br)c1Cl. The molecule has 12 heavy (non-hydrogen) atoms. The molecule has 0 spiro atoms. The zero-order valence-corrected chi connectivity index (χ0v) is 8.62. The maximum Gasteiger partial charge on any atom is 0.124 e. The van der Waals surface area contributed by atoms with Crippen LogP contribution in [0, 0.1) is 5.82 Å². The summed E-state index contributed by atoms with van der Waals surface area (Å²) in [7, 11) is 0. The summed E-state index contributed by atoms with van der Waals surface area (Å²) in [6.45, 7) is 0.468. The lowest BCUT2D eigenvalue weighted by atomic mass is 10.1. The third kappa shape index (κ3) is 2.19. The van der Waals surface area contributed by atoms with E-state index in [4.69, 9.17) is 17.3 Å². The highest BCUT2D eigenvalue weighted by Gasteiger charge is 2.05. The third-order valence-electron chi connectivity index (χ3n) is 1.48. The average molecular weight is 253 g/mol. The van der Waals surface area contributed by atoms with Crippen molar-refractivity contribution in [1.29, 1.82) is 0 Å². The number of halogens is 3. The van der Waals surface area contributed by atoms with Crippen LogP contribution in [0.3, 0.4) is 0 Å². The van der Waals surface area contributed by atoms with E-state index in [1.165, 1.54) is 12.1 Å². The summed E-state index contributed by atoms with van der Waals surface area (Å²) in [6, 6.07) is 2.74. The van der Waals surface area contributed by atoms with Crippen LogP contribution in [0.1, 0.15) is 5.56 Å². The summed E-state index contributed by atoms with van der Waals surface area (Å²) in [5, 5.41) is 0.543. The van der Waals surface area contributed by atoms with E-state index < -0.39 is 0 Å². The highest BCUT2D eigenvalue weighted by atomic mass is 79.9. The Bertz CT molecular complexity index is 291. The normalized spacial score (nSPS) is 10.3. The molecule has 0 aromatic heterocycles. The summed E-state index contributed by atoms with van der Waals surface area (Å²) < 4.78 is 13.4. The molecule has 0 aliphatic rings. The van der Waals surface area contributed by atoms with Gasteiger partial charge in [0.05, 0.1) is 5.02 Å². The predicted molar refractivity (Wildman–Crippen MR) is 51.9 cm³/mol. The van der Waals surface area contributed by atoms with Gasteiger partial charge in [-0.1, -0.05) is 11.6 Å². The zero-order chi connectivity index (χ0) is 9.14. The maximum absolute atomic E-state index is 12.8. The fourth-order valence-electron chi connectivity index (χ4n) is 0.947. The molecule has 0 aliphatic heterocycles. The Labute approximate surface area is 83.8 Å². The first-order chi connectivity index (χ1) is 5.65. The van der Waals surface area contributed by atoms with Gasteiger partial charge < -0.3 is 5.73 Å². The van der Waals surface area contributed by atoms with E-state index in [0.717, 1.165) is 5.56 Å². The Morgan fingerprint density at radius 3 is 2.75 bits per heavy atom. The standard InChI is InChI=1S/C8H8BrClFN/c9-7-4-6(11)3-5(1-2-12)8(7)10/h3-4H,1-2,12H2. The van der Waals surface area contributed by atoms with Crippen molar-refractivity contribution in [3.63, 3.8) is 0 Å². The highest BCUT2D eigenvalue weighted by Crippen LogP contribution is 2.27. The quantitative estimate of drug-likeness (QED) is 0.805. The molecule has 0 aliphatic carbocycles. The lowest BCUT2D eigenvalue weighted by molar-refractivity contribution is 0.624. The number of benzene rings is 1. The van der Waals surface area contributed by atoms with Crippen LogP contribution in [-0.4, -0.2) is 6.54 Å². The fraction of sp³-hybridized carbons (Fsp3) is 0.250. The molecule has 1 rings (SSSR count). The van der Waals surface area contributed by atoms with E-state index in [1.54, 1.807) is 0 Å². The van der Waals surface area contributed by atoms with E-state index in [1.807, 2.05) is 0 Å². The van der Waals surface area contributed by atoms with Crippen molar-refractivity contribution in [3.8, 4) is 0 Å². The summed E-state index contributed by atoms with van der Waals surface area (Å²) in [4.78, 5) is 0. The van der Waals surface area contributed by atoms with E-state index >= 15 is 0 Å². The Kier molecular flexibility index (Phi) is 3.50. The van der Waals surface area contributed by atoms with Crippen LogP contribution in [0.15, 0.2) is 16.6 Å². The maximum atomic E-state index is 12.8. The zero-order valence-electron chi connectivity index (χ0n) is 6.28. The van der Waals surface area contributed by atoms with Crippen LogP contribution in [0.2, 0.25) is 5.02 Å². The Balaban J connectivity index is 3.09. The molecule has 66 valence electrons. The molecule has 0 radical (unpaired) electrons. The first-order valence-corrected chi connectivity index (χ1v) is 4.65. The predicted octanol–water partition coefficient (Wildman–Crippen LogP) is 2.74. The van der Waals surface area contributed by atoms with Crippen molar-refractivity contribution in [1.82, 2.24) is 0 Å². The summed E-state index contributed by atoms with van der Waals surface area (Å²) in [5.74, 6) is -0.297. The van der Waals surface area contributed by atoms with E-state index in [0.29, 0.717) is 22.5 Å². The van der Waals surface area contributed by atoms with Crippen LogP contribution >= 0.6 is 27.5 Å². The van der Waals surface area contributed by atoms with Gasteiger partial charge in [0.2, 0.25) is 0 Å². The molecular formula is C8H8BrClFN. The molecule has 4 heteroatoms. The summed E-state index contributed by atoms with van der Waals surface area (Å²) in [6.07, 6.45) is 0.592. The second-order valence-electron chi connectivity index (χ2n) is 2.40. The van der Waals surface area contributed by atoms with Crippen molar-refractivity contribution in [2.45, 2.75) is 6.42 Å². The van der Waals surface area contributed by atoms with Gasteiger partial charge in [0.15, 0.2) is 0 Å². The minimum atomic E-state index is -0.297. The lowest BCUT2D eigenvalue weighted by Crippen LogP contribution is -2.03. The van der Waals surface area contributed by atoms with Crippen LogP contribution < -0.4 is 5.73 Å². The largest absolute Gasteiger partial charge is 0.330 e. The van der Waals surface area contributed by atoms with Crippen LogP contribution in [0.5, 0.6) is 0 Å². The molecule has 1 nitrogen and oxygen atoms in total. The van der Waals surface area contributed by atoms with Gasteiger partial charge >= 0.3 is 0 Å². The van der Waals surface area contributed by atoms with Gasteiger partial charge in [0, 0.05) is 4.47 Å². The van der Waals surface area contributed by atoms with Crippen molar-refractivity contribution < 1.29 is 4.39 Å². The number of hydrogen-bond donors (Lipinski definition) is 1. The first-order valence-electron chi connectivity index (χ1n) is 3.48. The molecule has 0 heterocycles. The first kappa shape index (κ1) is 9.96. The average Bonchev–Trinajstić information content (AvgIpc) is 2.00. The minimum absolute atomic E-state index is 0.297. The topological polar surface area (TPSA) is 26.0 Å². The van der Waals surface area contributed by atoms with Crippen molar-refractivity contribution in [2.75, 3.05) is 6.54 Å². The Morgan fingerprint density at radius 2 is 2.17 bits per heavy atom. The molecule has 0 bridgehead atoms. The molecule has 0 amide bonds. The van der Waals surface area contributed by atoms with Crippen molar-refractivity contribution in [2.24, 2.45) is 5.73 Å². The fourth-order valence-corrected chi connectivity index (χ4v) is 1.62. The molecule has 0 fully saturated rings. The van der Waals surface area contributed by atoms with Crippen molar-refractivity contribution in [3.05, 3.63) is 33.0 Å². The van der Waals surface area contributed by atoms with Crippen LogP contribution in [0.4, 0.5) is 4.39 Å². The molecule has 1 aromatic carbocycles. The monoisotopic (exact) mass is 251 g/mol. The molecule has 2 N–H and O–H groups in total. The van der Waals surface area contributed by atoms with Crippen LogP contribution in [0.25, 0.3) is 0 Å². The molecule has 0 atom stereocenters. The Hall–Kier alpha value is -0.120. The van der Waals surface area contributed by atoms with E-state index in [-0.39, 0.29) is 5.82 Å². The second kappa shape index (κ2) is 4.21. The second-order valence-corrected chi connectivity index (χ2v) is 3.63. The van der Waals surface area contributed by atoms with Crippen LogP contribution in [-0.2, 0) is 6.42 Å². The van der Waals surface area contributed by atoms with Gasteiger partial charge in [0.1, 0.15) is 5.82 Å². The molecule has 1 aromatic rings. The number of nitrogens with two attached hydrogens (primary N) is 1. The van der Waals surface area contributed by atoms with E-state index in [2.05, 4.69) is 15.9 Å². The number of rotatable bonds is 2. The highest BCUT2D eigenvalue weighted by molar-refractivity contribution is 9.10. The molecular weight excluding hydrogens is 244 g/mol. The van der Waals surface area contributed by atoms with Crippen molar-refractivity contribution >= 4 is 27.5 Å². The van der Waals surface area contributed by atoms with Gasteiger partial charge in [-0.25, -0.2) is 4.39 Å². The summed E-state index contributed by atoms with van der Waals surface area (Å²) in [5.41, 5.74) is 6.07. The Morgan fingerprint density at radius 1 is 1.50 bits per heavy atom. The van der Waals surface area contributed by atoms with Gasteiger partial charge in [-0.3, -0.25) is 0 Å². The summed E-state index contributed by atoms with van der Waals surface area (Å²) >= 11 is 9.03. The smallest absolute Gasteiger partial charge is 0.124 e. The lowest BCUT2D eigenvalue weighted by Gasteiger charge is -2.04. The third-order valence-corrected chi connectivity index (χ3v) is 2.78. The van der Waals surface area contributed by atoms with Gasteiger partial charge in [-0.2, -0.15) is 0 Å². The minimum Gasteiger partial charge on any atom is -0.330 e. The van der Waals surface area contributed by atoms with E-state index in [9.17, 15) is 4.39 Å². The van der Waals surface area contributed by atoms with Gasteiger partial charge in [0.25, 0.3) is 0 Å². The van der Waals surface area contributed by atoms with Gasteiger partial charge in [-0.15, -0.1) is 0 Å². The molecule has 0 saturated heterocycles. The van der Waals surface area contributed by atoms with Gasteiger partial charge in [-0.05, 0) is 46.6 Å². The number of hydrogen-bond acceptors (Lipinski definition) is 1.